The third kappa shape index (κ3) is 3.37. The zero-order valence-corrected chi connectivity index (χ0v) is 12.0. The van der Waals surface area contributed by atoms with Gasteiger partial charge in [0.25, 0.3) is 0 Å². The van der Waals surface area contributed by atoms with Gasteiger partial charge in [-0.2, -0.15) is 0 Å². The molecule has 1 aromatic rings. The SMILES string of the molecule is CN(C)c1ccc(NC2CCC(C)(C)CC2)cn1. The number of rotatable bonds is 3. The van der Waals surface area contributed by atoms with E-state index in [1.165, 1.54) is 25.7 Å². The molecule has 1 heterocycles. The Bertz CT molecular complexity index is 371. The first-order valence-corrected chi connectivity index (χ1v) is 6.86. The zero-order chi connectivity index (χ0) is 13.2. The third-order valence-corrected chi connectivity index (χ3v) is 3.92. The lowest BCUT2D eigenvalue weighted by atomic mass is 9.75. The lowest BCUT2D eigenvalue weighted by Crippen LogP contribution is -2.29. The minimum atomic E-state index is 0.533. The Labute approximate surface area is 111 Å². The van der Waals surface area contributed by atoms with Crippen molar-refractivity contribution in [3.05, 3.63) is 18.3 Å². The highest BCUT2D eigenvalue weighted by molar-refractivity contribution is 5.48. The Hall–Kier alpha value is -1.25. The second kappa shape index (κ2) is 5.17. The van der Waals surface area contributed by atoms with Crippen molar-refractivity contribution in [2.24, 2.45) is 5.41 Å². The van der Waals surface area contributed by atoms with Crippen LogP contribution in [-0.4, -0.2) is 25.1 Å². The van der Waals surface area contributed by atoms with E-state index in [0.717, 1.165) is 11.5 Å². The summed E-state index contributed by atoms with van der Waals surface area (Å²) in [5, 5.41) is 3.60. The van der Waals surface area contributed by atoms with Gasteiger partial charge < -0.3 is 10.2 Å². The highest BCUT2D eigenvalue weighted by Gasteiger charge is 2.26. The summed E-state index contributed by atoms with van der Waals surface area (Å²) >= 11 is 0. The molecule has 1 aliphatic carbocycles. The van der Waals surface area contributed by atoms with E-state index >= 15 is 0 Å². The highest BCUT2D eigenvalue weighted by atomic mass is 15.1. The molecular formula is C15H25N3. The molecule has 0 unspecified atom stereocenters. The van der Waals surface area contributed by atoms with Crippen LogP contribution >= 0.6 is 0 Å². The van der Waals surface area contributed by atoms with Crippen LogP contribution in [0.25, 0.3) is 0 Å². The maximum absolute atomic E-state index is 4.44. The molecule has 1 N–H and O–H groups in total. The molecule has 0 aliphatic heterocycles. The second-order valence-electron chi connectivity index (χ2n) is 6.38. The van der Waals surface area contributed by atoms with E-state index in [2.05, 4.69) is 36.3 Å². The molecule has 0 saturated heterocycles. The van der Waals surface area contributed by atoms with Crippen LogP contribution < -0.4 is 10.2 Å². The number of hydrogen-bond acceptors (Lipinski definition) is 3. The smallest absolute Gasteiger partial charge is 0.128 e. The summed E-state index contributed by atoms with van der Waals surface area (Å²) in [6.45, 7) is 4.74. The van der Waals surface area contributed by atoms with Crippen LogP contribution in [0.1, 0.15) is 39.5 Å². The van der Waals surface area contributed by atoms with Crippen molar-refractivity contribution in [1.29, 1.82) is 0 Å². The minimum absolute atomic E-state index is 0.533. The van der Waals surface area contributed by atoms with Crippen molar-refractivity contribution in [3.63, 3.8) is 0 Å². The summed E-state index contributed by atoms with van der Waals surface area (Å²) in [7, 11) is 4.03. The zero-order valence-electron chi connectivity index (χ0n) is 12.0. The number of nitrogens with one attached hydrogen (secondary N) is 1. The molecule has 3 nitrogen and oxygen atoms in total. The Morgan fingerprint density at radius 1 is 1.22 bits per heavy atom. The maximum atomic E-state index is 4.44. The molecule has 1 aliphatic rings. The van der Waals surface area contributed by atoms with Gasteiger partial charge in [-0.1, -0.05) is 13.8 Å². The van der Waals surface area contributed by atoms with E-state index in [9.17, 15) is 0 Å². The molecule has 0 bridgehead atoms. The third-order valence-electron chi connectivity index (χ3n) is 3.92. The Morgan fingerprint density at radius 3 is 2.39 bits per heavy atom. The number of hydrogen-bond donors (Lipinski definition) is 1. The van der Waals surface area contributed by atoms with Crippen LogP contribution in [0.3, 0.4) is 0 Å². The number of anilines is 2. The lowest BCUT2D eigenvalue weighted by Gasteiger charge is -2.35. The Balaban J connectivity index is 1.90. The van der Waals surface area contributed by atoms with Gasteiger partial charge in [0.05, 0.1) is 11.9 Å². The predicted octanol–water partition coefficient (Wildman–Crippen LogP) is 3.53. The fourth-order valence-electron chi connectivity index (χ4n) is 2.52. The normalized spacial score (nSPS) is 19.6. The van der Waals surface area contributed by atoms with E-state index in [1.807, 2.05) is 25.2 Å². The first-order valence-electron chi connectivity index (χ1n) is 6.86. The van der Waals surface area contributed by atoms with Crippen molar-refractivity contribution in [2.75, 3.05) is 24.3 Å². The lowest BCUT2D eigenvalue weighted by molar-refractivity contribution is 0.232. The summed E-state index contributed by atoms with van der Waals surface area (Å²) in [6.07, 6.45) is 7.10. The van der Waals surface area contributed by atoms with Crippen molar-refractivity contribution < 1.29 is 0 Å². The van der Waals surface area contributed by atoms with Gasteiger partial charge in [-0.25, -0.2) is 4.98 Å². The molecule has 0 spiro atoms. The van der Waals surface area contributed by atoms with E-state index in [4.69, 9.17) is 0 Å². The van der Waals surface area contributed by atoms with Gasteiger partial charge in [-0.05, 0) is 43.2 Å². The van der Waals surface area contributed by atoms with E-state index < -0.39 is 0 Å². The summed E-state index contributed by atoms with van der Waals surface area (Å²) in [4.78, 5) is 6.46. The Kier molecular flexibility index (Phi) is 3.79. The monoisotopic (exact) mass is 247 g/mol. The first kappa shape index (κ1) is 13.2. The molecule has 2 rings (SSSR count). The standard InChI is InChI=1S/C15H25N3/c1-15(2)9-7-12(8-10-15)17-13-5-6-14(16-11-13)18(3)4/h5-6,11-12,17H,7-10H2,1-4H3. The summed E-state index contributed by atoms with van der Waals surface area (Å²) < 4.78 is 0. The van der Waals surface area contributed by atoms with Gasteiger partial charge in [0.15, 0.2) is 0 Å². The molecule has 0 atom stereocenters. The van der Waals surface area contributed by atoms with Crippen LogP contribution in [0.5, 0.6) is 0 Å². The largest absolute Gasteiger partial charge is 0.381 e. The van der Waals surface area contributed by atoms with Crippen LogP contribution in [0.2, 0.25) is 0 Å². The minimum Gasteiger partial charge on any atom is -0.381 e. The highest BCUT2D eigenvalue weighted by Crippen LogP contribution is 2.36. The molecule has 0 radical (unpaired) electrons. The molecule has 1 fully saturated rings. The van der Waals surface area contributed by atoms with Crippen LogP contribution in [0.15, 0.2) is 18.3 Å². The summed E-state index contributed by atoms with van der Waals surface area (Å²) in [6, 6.07) is 4.81. The van der Waals surface area contributed by atoms with Crippen LogP contribution in [0, 0.1) is 5.41 Å². The fraction of sp³-hybridized carbons (Fsp3) is 0.667. The van der Waals surface area contributed by atoms with Crippen molar-refractivity contribution in [1.82, 2.24) is 4.98 Å². The van der Waals surface area contributed by atoms with Gasteiger partial charge in [0, 0.05) is 20.1 Å². The van der Waals surface area contributed by atoms with Crippen LogP contribution in [0.4, 0.5) is 11.5 Å². The molecule has 0 amide bonds. The average Bonchev–Trinajstić information content (AvgIpc) is 2.33. The molecule has 100 valence electrons. The average molecular weight is 247 g/mol. The van der Waals surface area contributed by atoms with Crippen molar-refractivity contribution in [3.8, 4) is 0 Å². The van der Waals surface area contributed by atoms with E-state index in [1.54, 1.807) is 0 Å². The van der Waals surface area contributed by atoms with Crippen LogP contribution in [-0.2, 0) is 0 Å². The molecule has 1 aromatic heterocycles. The molecule has 0 aromatic carbocycles. The molecule has 1 saturated carbocycles. The topological polar surface area (TPSA) is 28.2 Å². The maximum Gasteiger partial charge on any atom is 0.128 e. The number of nitrogens with zero attached hydrogens (tertiary/aromatic N) is 2. The number of pyridine rings is 1. The number of aromatic nitrogens is 1. The van der Waals surface area contributed by atoms with Crippen molar-refractivity contribution >= 4 is 11.5 Å². The van der Waals surface area contributed by atoms with Gasteiger partial charge in [-0.15, -0.1) is 0 Å². The molecular weight excluding hydrogens is 222 g/mol. The summed E-state index contributed by atoms with van der Waals surface area (Å²) in [5.74, 6) is 1.00. The predicted molar refractivity (Wildman–Crippen MR) is 78.2 cm³/mol. The molecule has 3 heteroatoms. The second-order valence-corrected chi connectivity index (χ2v) is 6.38. The Morgan fingerprint density at radius 2 is 1.89 bits per heavy atom. The van der Waals surface area contributed by atoms with Gasteiger partial charge in [-0.3, -0.25) is 0 Å². The summed E-state index contributed by atoms with van der Waals surface area (Å²) in [5.41, 5.74) is 1.68. The van der Waals surface area contributed by atoms with Gasteiger partial charge in [0.2, 0.25) is 0 Å². The van der Waals surface area contributed by atoms with Crippen molar-refractivity contribution in [2.45, 2.75) is 45.6 Å². The fourth-order valence-corrected chi connectivity index (χ4v) is 2.52. The molecule has 18 heavy (non-hydrogen) atoms. The van der Waals surface area contributed by atoms with E-state index in [0.29, 0.717) is 11.5 Å². The van der Waals surface area contributed by atoms with Gasteiger partial charge in [0.1, 0.15) is 5.82 Å². The quantitative estimate of drug-likeness (QED) is 0.885. The van der Waals surface area contributed by atoms with E-state index in [-0.39, 0.29) is 0 Å². The first-order chi connectivity index (χ1) is 8.46. The van der Waals surface area contributed by atoms with Gasteiger partial charge >= 0.3 is 0 Å².